The highest BCUT2D eigenvalue weighted by Crippen LogP contribution is 2.49. The van der Waals surface area contributed by atoms with Crippen LogP contribution in [-0.2, 0) is 156 Å². The first-order valence-corrected chi connectivity index (χ1v) is 51.3. The van der Waals surface area contributed by atoms with Crippen molar-refractivity contribution in [3.63, 3.8) is 0 Å². The fourth-order valence-electron chi connectivity index (χ4n) is 12.6. The van der Waals surface area contributed by atoms with Gasteiger partial charge in [-0.2, -0.15) is 0 Å². The Hall–Kier alpha value is -4.95. The highest BCUT2D eigenvalue weighted by atomic mass is 33.1. The molecule has 1 amide bonds. The number of aryl methyl sites for hydroxylation is 2. The normalized spacial score (nSPS) is 18.3. The Kier molecular flexibility index (Phi) is 50.9. The molecule has 3 aromatic heterocycles. The molecule has 50 heteroatoms. The zero-order valence-electron chi connectivity index (χ0n) is 73.8. The minimum Gasteiger partial charge on any atom is -0.457 e. The van der Waals surface area contributed by atoms with Crippen LogP contribution in [0.5, 0.6) is 5.75 Å². The summed E-state index contributed by atoms with van der Waals surface area (Å²) in [6, 6.07) is 6.61. The molecule has 8 unspecified atom stereocenters. The quantitative estimate of drug-likeness (QED) is 0.00812. The minimum atomic E-state index is -4.94. The Bertz CT molecular complexity index is 4430. The van der Waals surface area contributed by atoms with Crippen molar-refractivity contribution in [1.29, 1.82) is 0 Å². The second-order valence-corrected chi connectivity index (χ2v) is 38.6. The summed E-state index contributed by atoms with van der Waals surface area (Å²) in [5.41, 5.74) is -0.923. The maximum Gasteiger partial charge on any atom is 0.472 e. The third-order valence-corrected chi connectivity index (χ3v) is 25.9. The van der Waals surface area contributed by atoms with Gasteiger partial charge in [0.15, 0.2) is 0 Å². The number of pyridine rings is 2. The number of hydrogen-bond acceptors (Lipinski definition) is 38. The Morgan fingerprint density at radius 1 is 0.612 bits per heavy atom. The van der Waals surface area contributed by atoms with Crippen LogP contribution >= 0.6 is 52.9 Å². The van der Waals surface area contributed by atoms with Crippen molar-refractivity contribution in [2.45, 2.75) is 155 Å². The first-order chi connectivity index (χ1) is 61.8. The summed E-state index contributed by atoms with van der Waals surface area (Å²) in [7, 11) is -14.8. The fraction of sp³-hybridized carbons (Fsp3) is 0.734. The van der Waals surface area contributed by atoms with Crippen LogP contribution in [0.3, 0.4) is 0 Å². The zero-order valence-corrected chi connectivity index (χ0v) is 79.0. The van der Waals surface area contributed by atoms with Gasteiger partial charge in [-0.05, 0) is 96.4 Å². The lowest BCUT2D eigenvalue weighted by Gasteiger charge is -2.37. The molecular formula is C79H127N5O39P4S2. The van der Waals surface area contributed by atoms with Gasteiger partial charge in [-0.15, -0.1) is 0 Å². The molecule has 9 atom stereocenters. The van der Waals surface area contributed by atoms with E-state index in [1.807, 2.05) is 28.5 Å². The predicted molar refractivity (Wildman–Crippen MR) is 466 cm³/mol. The van der Waals surface area contributed by atoms with Crippen LogP contribution in [0.15, 0.2) is 44.8 Å². The van der Waals surface area contributed by atoms with E-state index < -0.39 is 135 Å². The summed E-state index contributed by atoms with van der Waals surface area (Å²) >= 11 is 0. The zero-order chi connectivity index (χ0) is 93.6. The van der Waals surface area contributed by atoms with Gasteiger partial charge in [-0.3, -0.25) is 60.1 Å². The summed E-state index contributed by atoms with van der Waals surface area (Å²) < 4.78 is 177. The van der Waals surface area contributed by atoms with Gasteiger partial charge in [0.2, 0.25) is 5.60 Å². The number of hydrogen-bond donors (Lipinski definition) is 8. The number of aliphatic hydroxyl groups is 2. The number of fused-ring (bicyclic) bond motifs is 5. The molecule has 0 aliphatic carbocycles. The molecule has 8 N–H and O–H groups in total. The van der Waals surface area contributed by atoms with E-state index in [-0.39, 0.29) is 227 Å². The number of cyclic esters (lactones) is 1. The number of nitrogens with zero attached hydrogens (tertiary/aromatic N) is 3. The predicted octanol–water partition coefficient (Wildman–Crippen LogP) is 7.41. The van der Waals surface area contributed by atoms with Crippen molar-refractivity contribution in [3.05, 3.63) is 89.5 Å². The largest absolute Gasteiger partial charge is 0.472 e. The van der Waals surface area contributed by atoms with E-state index in [2.05, 4.69) is 10.3 Å². The number of ether oxygens (including phenoxy) is 15. The Morgan fingerprint density at radius 2 is 1.12 bits per heavy atom. The average molecular weight is 1960 g/mol. The van der Waals surface area contributed by atoms with Crippen molar-refractivity contribution < 1.29 is 170 Å². The van der Waals surface area contributed by atoms with E-state index in [0.29, 0.717) is 29.7 Å². The van der Waals surface area contributed by atoms with E-state index in [1.165, 1.54) is 13.1 Å². The van der Waals surface area contributed by atoms with E-state index in [4.69, 9.17) is 117 Å². The Morgan fingerprint density at radius 3 is 1.64 bits per heavy atom. The monoisotopic (exact) mass is 1960 g/mol. The van der Waals surface area contributed by atoms with Gasteiger partial charge < -0.3 is 111 Å². The van der Waals surface area contributed by atoms with Crippen molar-refractivity contribution in [2.24, 2.45) is 5.41 Å². The number of phosphoric acid groups is 4. The number of esters is 2. The summed E-state index contributed by atoms with van der Waals surface area (Å²) in [6.45, 7) is 9.79. The summed E-state index contributed by atoms with van der Waals surface area (Å²) in [5.74, 6) is 0.809. The topological polar surface area (TPSA) is 555 Å². The fourth-order valence-corrected chi connectivity index (χ4v) is 17.9. The van der Waals surface area contributed by atoms with Gasteiger partial charge in [-0.25, -0.2) is 37.6 Å². The summed E-state index contributed by atoms with van der Waals surface area (Å²) in [4.78, 5) is 127. The van der Waals surface area contributed by atoms with Crippen LogP contribution in [0.4, 0.5) is 4.79 Å². The number of amides is 1. The number of aromatic amines is 1. The number of benzene rings is 1. The number of phosphoric ester groups is 4. The number of unbranched alkanes of at least 4 members (excludes halogenated alkanes) is 5. The third kappa shape index (κ3) is 40.5. The van der Waals surface area contributed by atoms with Crippen LogP contribution in [0.25, 0.3) is 22.3 Å². The highest BCUT2D eigenvalue weighted by molar-refractivity contribution is 8.76. The molecule has 4 aromatic rings. The number of rotatable bonds is 73. The molecule has 7 rings (SSSR count). The van der Waals surface area contributed by atoms with E-state index in [0.717, 1.165) is 71.1 Å². The van der Waals surface area contributed by atoms with Gasteiger partial charge >= 0.3 is 55.0 Å². The first-order valence-electron chi connectivity index (χ1n) is 42.8. The highest BCUT2D eigenvalue weighted by Gasteiger charge is 2.52. The number of carbonyl (C=O) groups excluding carboxylic acids is 3. The molecule has 0 bridgehead atoms. The molecular weight excluding hydrogens is 1830 g/mol. The van der Waals surface area contributed by atoms with Crippen LogP contribution in [0, 0.1) is 12.3 Å². The SMILES string of the molecule is CCc1c2c(nc3cc(OC(=O)NCCCOCC(COP(=O)(O)OCCOCCOCCOCCOCCOCCOP(=O)(O)OCCCCCCSSCCCCCO)OP(=O)(O)OCCOCCOCCOCCOCCOCCOP(=O)(O)OCC4OC(n5cc(C)c(=O)[nH]c5=O)CC4O)ccc13)-c1cc3c(c(=O)n1C2)COC(=O)[C@@]3(CC)OC(=O)C(C)(C)C. The van der Waals surface area contributed by atoms with Gasteiger partial charge in [0.1, 0.15) is 30.8 Å². The molecule has 0 radical (unpaired) electrons. The average Bonchev–Trinajstić information content (AvgIpc) is 1.62. The standard InChI is InChI=1S/C79H127N5O39P4S2/c1-7-61-62-18-17-59(49-66(62)81-71-63(61)53-83-67(71)50-65-64(73(83)88)56-112-75(90)79(65,8-2)122-74(89)78(4,5)6)120-77(92)80-19-16-21-111-54-60(55-118-125(95,96)115-44-40-108-36-32-104-28-24-101-23-27-103-31-35-107-39-43-114-124(93,94)113-22-13-9-10-14-47-128-129-48-15-11-12-20-85)123-127(99,100)117-46-42-110-38-34-106-30-26-102-25-29-105-33-37-109-41-45-116-126(97,98)119-57-69-68(86)51-70(121-69)84-52-58(3)72(87)82-76(84)91/h17-18,49-50,52,60,68-70,85-86H,7-16,19-48,51,53-57H2,1-6H3,(H,80,92)(H,93,94)(H,95,96)(H,97,98)(H,99,100)(H,82,87,91)/t60?,68?,69?,70?,79-/m0/s1. The molecule has 6 heterocycles. The van der Waals surface area contributed by atoms with Crippen molar-refractivity contribution in [3.8, 4) is 17.1 Å². The van der Waals surface area contributed by atoms with E-state index >= 15 is 0 Å². The molecule has 1 fully saturated rings. The summed E-state index contributed by atoms with van der Waals surface area (Å²) in [5, 5.41) is 22.6. The lowest BCUT2D eigenvalue weighted by molar-refractivity contribution is -0.194. The van der Waals surface area contributed by atoms with Crippen LogP contribution in [0.2, 0.25) is 0 Å². The van der Waals surface area contributed by atoms with Crippen LogP contribution in [-0.4, -0.2) is 301 Å². The van der Waals surface area contributed by atoms with Gasteiger partial charge in [0.05, 0.1) is 226 Å². The molecule has 129 heavy (non-hydrogen) atoms. The molecule has 0 saturated carbocycles. The van der Waals surface area contributed by atoms with Crippen molar-refractivity contribution in [1.82, 2.24) is 24.4 Å². The summed E-state index contributed by atoms with van der Waals surface area (Å²) in [6.07, 6.45) is 3.03. The lowest BCUT2D eigenvalue weighted by atomic mass is 9.84. The molecule has 734 valence electrons. The Labute approximate surface area is 756 Å². The second kappa shape index (κ2) is 59.1. The van der Waals surface area contributed by atoms with Crippen molar-refractivity contribution >= 4 is 81.8 Å². The Balaban J connectivity index is 0.752. The first kappa shape index (κ1) is 111. The number of carbonyl (C=O) groups is 3. The van der Waals surface area contributed by atoms with Crippen LogP contribution < -0.4 is 26.9 Å². The third-order valence-electron chi connectivity index (χ3n) is 19.2. The number of aromatic nitrogens is 4. The molecule has 3 aliphatic heterocycles. The van der Waals surface area contributed by atoms with Gasteiger partial charge in [0.25, 0.3) is 11.1 Å². The van der Waals surface area contributed by atoms with E-state index in [1.54, 1.807) is 56.5 Å². The number of nitrogens with one attached hydrogen (secondary N) is 2. The maximum absolute atomic E-state index is 14.3. The smallest absolute Gasteiger partial charge is 0.457 e. The maximum atomic E-state index is 14.3. The minimum absolute atomic E-state index is 0.000745. The molecule has 44 nitrogen and oxygen atoms in total. The number of aliphatic hydroxyl groups excluding tert-OH is 2. The molecule has 1 saturated heterocycles. The van der Waals surface area contributed by atoms with Crippen molar-refractivity contribution in [2.75, 3.05) is 216 Å². The second-order valence-electron chi connectivity index (χ2n) is 30.1. The van der Waals surface area contributed by atoms with Gasteiger partial charge in [-0.1, -0.05) is 54.7 Å². The van der Waals surface area contributed by atoms with E-state index in [9.17, 15) is 71.7 Å². The van der Waals surface area contributed by atoms with Crippen LogP contribution in [0.1, 0.15) is 133 Å². The molecule has 0 spiro atoms. The van der Waals surface area contributed by atoms with Gasteiger partial charge in [0, 0.05) is 72.0 Å². The lowest BCUT2D eigenvalue weighted by Crippen LogP contribution is -2.48. The molecule has 1 aromatic carbocycles. The molecule has 3 aliphatic rings. The number of H-pyrrole nitrogens is 1.